The number of carbonyl (C=O) groups is 1. The van der Waals surface area contributed by atoms with Gasteiger partial charge in [0.25, 0.3) is 5.91 Å². The molecule has 0 aliphatic heterocycles. The lowest BCUT2D eigenvalue weighted by molar-refractivity contribution is 0.0780. The number of thioether (sulfide) groups is 1. The molecule has 0 radical (unpaired) electrons. The van der Waals surface area contributed by atoms with Crippen LogP contribution in [-0.4, -0.2) is 27.8 Å². The Morgan fingerprint density at radius 2 is 2.08 bits per heavy atom. The molecule has 4 nitrogen and oxygen atoms in total. The first-order chi connectivity index (χ1) is 11.6. The van der Waals surface area contributed by atoms with Gasteiger partial charge in [0.2, 0.25) is 0 Å². The van der Waals surface area contributed by atoms with Crippen LogP contribution in [0.3, 0.4) is 0 Å². The second kappa shape index (κ2) is 7.92. The lowest BCUT2D eigenvalue weighted by Gasteiger charge is -2.18. The molecule has 0 fully saturated rings. The average molecular weight is 376 g/mol. The summed E-state index contributed by atoms with van der Waals surface area (Å²) in [5.74, 6) is 0.782. The van der Waals surface area contributed by atoms with Crippen molar-refractivity contribution in [3.8, 4) is 0 Å². The topological polar surface area (TPSA) is 46.1 Å². The van der Waals surface area contributed by atoms with E-state index in [1.54, 1.807) is 39.3 Å². The van der Waals surface area contributed by atoms with Crippen LogP contribution in [0.15, 0.2) is 45.4 Å². The second-order valence-electron chi connectivity index (χ2n) is 5.28. The van der Waals surface area contributed by atoms with Crippen LogP contribution >= 0.6 is 34.4 Å². The summed E-state index contributed by atoms with van der Waals surface area (Å²) in [5, 5.41) is 5.06. The molecule has 0 aliphatic carbocycles. The van der Waals surface area contributed by atoms with Crippen LogP contribution in [0.25, 0.3) is 0 Å². The first kappa shape index (κ1) is 17.1. The highest BCUT2D eigenvalue weighted by Gasteiger charge is 2.17. The van der Waals surface area contributed by atoms with Crippen molar-refractivity contribution >= 4 is 40.3 Å². The van der Waals surface area contributed by atoms with Crippen LogP contribution < -0.4 is 0 Å². The van der Waals surface area contributed by atoms with E-state index in [4.69, 9.17) is 0 Å². The van der Waals surface area contributed by atoms with Crippen molar-refractivity contribution in [2.75, 3.05) is 7.05 Å². The summed E-state index contributed by atoms with van der Waals surface area (Å²) in [4.78, 5) is 24.2. The normalized spacial score (nSPS) is 10.8. The average Bonchev–Trinajstić information content (AvgIpc) is 3.24. The molecule has 0 saturated heterocycles. The summed E-state index contributed by atoms with van der Waals surface area (Å²) < 4.78 is 0. The maximum absolute atomic E-state index is 12.8. The van der Waals surface area contributed by atoms with Gasteiger partial charge < -0.3 is 4.90 Å². The number of nitrogens with zero attached hydrogens (tertiary/aromatic N) is 3. The molecule has 24 heavy (non-hydrogen) atoms. The molecule has 0 unspecified atom stereocenters. The second-order valence-corrected chi connectivity index (χ2v) is 8.08. The van der Waals surface area contributed by atoms with Gasteiger partial charge in [0.1, 0.15) is 0 Å². The molecule has 0 atom stereocenters. The van der Waals surface area contributed by atoms with Crippen molar-refractivity contribution in [1.82, 2.24) is 14.9 Å². The zero-order valence-corrected chi connectivity index (χ0v) is 15.9. The van der Waals surface area contributed by atoms with Gasteiger partial charge in [-0.1, -0.05) is 12.1 Å². The van der Waals surface area contributed by atoms with Crippen LogP contribution in [0, 0.1) is 6.92 Å². The van der Waals surface area contributed by atoms with Crippen LogP contribution in [0.5, 0.6) is 0 Å². The molecule has 1 amide bonds. The zero-order valence-electron chi connectivity index (χ0n) is 13.4. The number of hydrogen-bond acceptors (Lipinski definition) is 6. The van der Waals surface area contributed by atoms with Gasteiger partial charge in [-0.15, -0.1) is 34.4 Å². The fraction of sp³-hybridized carbons (Fsp3) is 0.235. The van der Waals surface area contributed by atoms with Crippen LogP contribution in [0.2, 0.25) is 0 Å². The van der Waals surface area contributed by atoms with E-state index >= 15 is 0 Å². The Hall–Kier alpha value is -1.70. The third kappa shape index (κ3) is 4.23. The number of carbonyl (C=O) groups excluding carboxylic acids is 1. The molecule has 2 heterocycles. The summed E-state index contributed by atoms with van der Waals surface area (Å²) in [6.45, 7) is 2.49. The van der Waals surface area contributed by atoms with Crippen molar-refractivity contribution in [2.24, 2.45) is 0 Å². The molecule has 2 aromatic heterocycles. The fourth-order valence-electron chi connectivity index (χ4n) is 2.23. The maximum Gasteiger partial charge on any atom is 0.255 e. The standard InChI is InChI=1S/C17H17N3OS3/c1-12-19-13(9-23-12)7-20(2)17(21)15-5-3-4-6-16(15)24-10-14-8-22-11-18-14/h3-6,8-9,11H,7,10H2,1-2H3. The highest BCUT2D eigenvalue weighted by molar-refractivity contribution is 7.98. The predicted molar refractivity (Wildman–Crippen MR) is 101 cm³/mol. The number of aromatic nitrogens is 2. The third-order valence-electron chi connectivity index (χ3n) is 3.39. The van der Waals surface area contributed by atoms with E-state index in [2.05, 4.69) is 9.97 Å². The zero-order chi connectivity index (χ0) is 16.9. The van der Waals surface area contributed by atoms with E-state index in [0.717, 1.165) is 32.6 Å². The van der Waals surface area contributed by atoms with Crippen molar-refractivity contribution < 1.29 is 4.79 Å². The molecule has 7 heteroatoms. The van der Waals surface area contributed by atoms with E-state index in [0.29, 0.717) is 6.54 Å². The Labute approximate surface area is 153 Å². The summed E-state index contributed by atoms with van der Waals surface area (Å²) in [5.41, 5.74) is 4.53. The highest BCUT2D eigenvalue weighted by atomic mass is 32.2. The molecule has 0 saturated carbocycles. The smallest absolute Gasteiger partial charge is 0.255 e. The summed E-state index contributed by atoms with van der Waals surface area (Å²) in [6, 6.07) is 7.74. The molecular formula is C17H17N3OS3. The number of benzene rings is 1. The summed E-state index contributed by atoms with van der Waals surface area (Å²) in [6.07, 6.45) is 0. The Morgan fingerprint density at radius 3 is 2.79 bits per heavy atom. The number of amides is 1. The van der Waals surface area contributed by atoms with E-state index in [1.807, 2.05) is 54.5 Å². The predicted octanol–water partition coefficient (Wildman–Crippen LogP) is 4.47. The first-order valence-corrected chi connectivity index (χ1v) is 10.2. The van der Waals surface area contributed by atoms with Crippen molar-refractivity contribution in [3.05, 3.63) is 62.5 Å². The molecule has 0 N–H and O–H groups in total. The summed E-state index contributed by atoms with van der Waals surface area (Å²) in [7, 11) is 1.82. The quantitative estimate of drug-likeness (QED) is 0.596. The van der Waals surface area contributed by atoms with Crippen LogP contribution in [0.1, 0.15) is 26.8 Å². The van der Waals surface area contributed by atoms with Gasteiger partial charge in [-0.2, -0.15) is 0 Å². The number of hydrogen-bond donors (Lipinski definition) is 0. The van der Waals surface area contributed by atoms with Crippen molar-refractivity contribution in [3.63, 3.8) is 0 Å². The Balaban J connectivity index is 1.71. The van der Waals surface area contributed by atoms with Crippen LogP contribution in [-0.2, 0) is 12.3 Å². The Bertz CT molecular complexity index is 814. The minimum Gasteiger partial charge on any atom is -0.336 e. The van der Waals surface area contributed by atoms with Gasteiger partial charge in [-0.05, 0) is 19.1 Å². The Morgan fingerprint density at radius 1 is 1.25 bits per heavy atom. The minimum absolute atomic E-state index is 0.0158. The molecule has 124 valence electrons. The van der Waals surface area contributed by atoms with Crippen molar-refractivity contribution in [2.45, 2.75) is 24.1 Å². The Kier molecular flexibility index (Phi) is 5.65. The molecule has 0 bridgehead atoms. The lowest BCUT2D eigenvalue weighted by Crippen LogP contribution is -2.26. The monoisotopic (exact) mass is 375 g/mol. The first-order valence-electron chi connectivity index (χ1n) is 7.39. The molecule has 3 rings (SSSR count). The van der Waals surface area contributed by atoms with Gasteiger partial charge >= 0.3 is 0 Å². The highest BCUT2D eigenvalue weighted by Crippen LogP contribution is 2.27. The lowest BCUT2D eigenvalue weighted by atomic mass is 10.2. The number of thiazole rings is 2. The van der Waals surface area contributed by atoms with E-state index in [9.17, 15) is 4.79 Å². The number of aryl methyl sites for hydroxylation is 1. The van der Waals surface area contributed by atoms with Crippen molar-refractivity contribution in [1.29, 1.82) is 0 Å². The minimum atomic E-state index is 0.0158. The molecule has 3 aromatic rings. The van der Waals surface area contributed by atoms with Gasteiger partial charge in [0.05, 0.1) is 34.0 Å². The van der Waals surface area contributed by atoms with Gasteiger partial charge in [0.15, 0.2) is 0 Å². The summed E-state index contributed by atoms with van der Waals surface area (Å²) >= 11 is 4.84. The van der Waals surface area contributed by atoms with E-state index < -0.39 is 0 Å². The van der Waals surface area contributed by atoms with Crippen LogP contribution in [0.4, 0.5) is 0 Å². The molecule has 0 spiro atoms. The molecular weight excluding hydrogens is 358 g/mol. The third-order valence-corrected chi connectivity index (χ3v) is 5.95. The molecule has 0 aliphatic rings. The fourth-order valence-corrected chi connectivity index (χ4v) is 4.45. The maximum atomic E-state index is 12.8. The van der Waals surface area contributed by atoms with Gasteiger partial charge in [0, 0.05) is 28.5 Å². The van der Waals surface area contributed by atoms with E-state index in [1.165, 1.54) is 0 Å². The number of rotatable bonds is 6. The van der Waals surface area contributed by atoms with Gasteiger partial charge in [-0.25, -0.2) is 9.97 Å². The molecule has 1 aromatic carbocycles. The van der Waals surface area contributed by atoms with E-state index in [-0.39, 0.29) is 5.91 Å². The SMILES string of the molecule is Cc1nc(CN(C)C(=O)c2ccccc2SCc2cscn2)cs1. The van der Waals surface area contributed by atoms with Gasteiger partial charge in [-0.3, -0.25) is 4.79 Å². The largest absolute Gasteiger partial charge is 0.336 e.